The predicted octanol–water partition coefficient (Wildman–Crippen LogP) is 1.93. The van der Waals surface area contributed by atoms with E-state index < -0.39 is 9.84 Å². The molecule has 0 bridgehead atoms. The molecule has 190 valence electrons. The highest BCUT2D eigenvalue weighted by Crippen LogP contribution is 2.44. The fraction of sp³-hybridized carbons (Fsp3) is 0.440. The van der Waals surface area contributed by atoms with Gasteiger partial charge in [0.1, 0.15) is 11.9 Å². The van der Waals surface area contributed by atoms with Crippen molar-refractivity contribution in [3.05, 3.63) is 58.0 Å². The summed E-state index contributed by atoms with van der Waals surface area (Å²) in [5.74, 6) is 2.92. The third kappa shape index (κ3) is 3.69. The van der Waals surface area contributed by atoms with E-state index in [4.69, 9.17) is 16.9 Å². The van der Waals surface area contributed by atoms with Gasteiger partial charge in [-0.25, -0.2) is 13.4 Å². The van der Waals surface area contributed by atoms with Gasteiger partial charge in [-0.05, 0) is 42.8 Å². The van der Waals surface area contributed by atoms with Crippen LogP contribution in [0.25, 0.3) is 5.69 Å². The zero-order valence-electron chi connectivity index (χ0n) is 20.3. The Morgan fingerprint density at radius 1 is 1.05 bits per heavy atom. The summed E-state index contributed by atoms with van der Waals surface area (Å²) < 4.78 is 25.8. The molecule has 2 aromatic heterocycles. The van der Waals surface area contributed by atoms with Crippen molar-refractivity contribution >= 4 is 33.2 Å². The first-order valence-electron chi connectivity index (χ1n) is 12.3. The number of nitrogens with zero attached hydrogens (tertiary/aromatic N) is 8. The Balaban J connectivity index is 1.12. The molecular formula is C25H25ClN8O2S. The minimum Gasteiger partial charge on any atom is -0.355 e. The van der Waals surface area contributed by atoms with Gasteiger partial charge >= 0.3 is 0 Å². The topological polar surface area (TPSA) is 111 Å². The first-order valence-corrected chi connectivity index (χ1v) is 14.5. The van der Waals surface area contributed by atoms with Crippen LogP contribution >= 0.6 is 11.6 Å². The molecule has 1 aromatic carbocycles. The Labute approximate surface area is 220 Å². The van der Waals surface area contributed by atoms with Crippen molar-refractivity contribution in [2.45, 2.75) is 26.1 Å². The van der Waals surface area contributed by atoms with Crippen molar-refractivity contribution in [3.63, 3.8) is 0 Å². The van der Waals surface area contributed by atoms with Gasteiger partial charge < -0.3 is 9.80 Å². The summed E-state index contributed by atoms with van der Waals surface area (Å²) in [6.07, 6.45) is 0. The van der Waals surface area contributed by atoms with Crippen molar-refractivity contribution in [1.82, 2.24) is 24.6 Å². The van der Waals surface area contributed by atoms with Crippen LogP contribution in [0.3, 0.4) is 0 Å². The van der Waals surface area contributed by atoms with Gasteiger partial charge in [0.25, 0.3) is 0 Å². The molecule has 1 spiro atoms. The first kappa shape index (κ1) is 23.0. The quantitative estimate of drug-likeness (QED) is 0.495. The highest BCUT2D eigenvalue weighted by molar-refractivity contribution is 7.92. The molecule has 3 fully saturated rings. The summed E-state index contributed by atoms with van der Waals surface area (Å²) in [6.45, 7) is 6.62. The number of aryl methyl sites for hydroxylation is 1. The van der Waals surface area contributed by atoms with E-state index in [1.165, 1.54) is 0 Å². The Morgan fingerprint density at radius 3 is 2.51 bits per heavy atom. The lowest BCUT2D eigenvalue weighted by Crippen LogP contribution is -2.73. The van der Waals surface area contributed by atoms with Gasteiger partial charge in [0.15, 0.2) is 15.7 Å². The van der Waals surface area contributed by atoms with Crippen LogP contribution in [-0.2, 0) is 22.9 Å². The molecule has 0 radical (unpaired) electrons. The van der Waals surface area contributed by atoms with Crippen molar-refractivity contribution in [2.24, 2.45) is 5.41 Å². The molecule has 3 aromatic rings. The molecule has 0 aliphatic carbocycles. The monoisotopic (exact) mass is 536 g/mol. The standard InChI is InChI=1S/C25H25ClN8O2S/c1-16-17(7-27)2-5-22(28-16)32-12-25(13-32)14-33(15-25)24-30-29-23-9-31(20-10-37(35,36)11-20)8-18-6-19(26)3-4-21(18)34(23)24/h2-6,20H,8-15H2,1H3. The normalized spacial score (nSPS) is 21.8. The van der Waals surface area contributed by atoms with E-state index in [0.717, 1.165) is 60.7 Å². The number of hydrogen-bond donors (Lipinski definition) is 0. The van der Waals surface area contributed by atoms with Gasteiger partial charge in [0.2, 0.25) is 5.95 Å². The average Bonchev–Trinajstić information content (AvgIpc) is 3.11. The fourth-order valence-corrected chi connectivity index (χ4v) is 7.79. The lowest BCUT2D eigenvalue weighted by atomic mass is 9.73. The summed E-state index contributed by atoms with van der Waals surface area (Å²) in [7, 11) is -2.94. The highest BCUT2D eigenvalue weighted by Gasteiger charge is 2.53. The molecule has 3 saturated heterocycles. The van der Waals surface area contributed by atoms with Crippen LogP contribution in [-0.4, -0.2) is 76.8 Å². The Morgan fingerprint density at radius 2 is 1.81 bits per heavy atom. The number of sulfone groups is 1. The number of nitriles is 1. The van der Waals surface area contributed by atoms with Gasteiger partial charge in [-0.1, -0.05) is 11.6 Å². The number of halogens is 1. The van der Waals surface area contributed by atoms with Crippen LogP contribution in [0.2, 0.25) is 5.02 Å². The summed E-state index contributed by atoms with van der Waals surface area (Å²) in [6, 6.07) is 11.8. The molecule has 37 heavy (non-hydrogen) atoms. The Bertz CT molecular complexity index is 1570. The smallest absolute Gasteiger partial charge is 0.231 e. The molecule has 0 saturated carbocycles. The third-order valence-electron chi connectivity index (χ3n) is 8.03. The molecule has 7 rings (SSSR count). The number of benzene rings is 1. The molecule has 0 N–H and O–H groups in total. The molecule has 12 heteroatoms. The zero-order chi connectivity index (χ0) is 25.5. The first-order chi connectivity index (χ1) is 17.7. The molecule has 0 atom stereocenters. The third-order valence-corrected chi connectivity index (χ3v) is 10.0. The van der Waals surface area contributed by atoms with Crippen LogP contribution in [0.1, 0.15) is 22.6 Å². The number of rotatable bonds is 3. The van der Waals surface area contributed by atoms with Gasteiger partial charge in [0.05, 0.1) is 35.0 Å². The SMILES string of the molecule is Cc1nc(N2CC3(C2)CN(c2nnc4n2-c2ccc(Cl)cc2CN(C2CS(=O)(=O)C2)C4)C3)ccc1C#N. The number of pyridine rings is 1. The zero-order valence-corrected chi connectivity index (χ0v) is 21.9. The predicted molar refractivity (Wildman–Crippen MR) is 139 cm³/mol. The Hall–Kier alpha value is -3.20. The lowest BCUT2D eigenvalue weighted by Gasteiger charge is -2.60. The van der Waals surface area contributed by atoms with Crippen LogP contribution in [0.15, 0.2) is 30.3 Å². The van der Waals surface area contributed by atoms with E-state index in [-0.39, 0.29) is 23.0 Å². The second-order valence-corrected chi connectivity index (χ2v) is 13.4. The summed E-state index contributed by atoms with van der Waals surface area (Å²) in [4.78, 5) is 11.3. The number of fused-ring (bicyclic) bond motifs is 3. The summed E-state index contributed by atoms with van der Waals surface area (Å²) in [5.41, 5.74) is 3.60. The van der Waals surface area contributed by atoms with Crippen LogP contribution in [0.4, 0.5) is 11.8 Å². The van der Waals surface area contributed by atoms with E-state index >= 15 is 0 Å². The van der Waals surface area contributed by atoms with Gasteiger partial charge in [-0.2, -0.15) is 5.26 Å². The molecule has 4 aliphatic rings. The van der Waals surface area contributed by atoms with E-state index in [9.17, 15) is 8.42 Å². The van der Waals surface area contributed by atoms with E-state index in [0.29, 0.717) is 23.7 Å². The van der Waals surface area contributed by atoms with Crippen molar-refractivity contribution < 1.29 is 8.42 Å². The van der Waals surface area contributed by atoms with Crippen molar-refractivity contribution in [3.8, 4) is 11.8 Å². The Kier molecular flexibility index (Phi) is 4.90. The maximum Gasteiger partial charge on any atom is 0.231 e. The molecular weight excluding hydrogens is 512 g/mol. The molecule has 6 heterocycles. The van der Waals surface area contributed by atoms with Crippen molar-refractivity contribution in [2.75, 3.05) is 47.5 Å². The van der Waals surface area contributed by atoms with E-state index in [1.54, 1.807) is 0 Å². The van der Waals surface area contributed by atoms with Crippen LogP contribution < -0.4 is 9.80 Å². The minimum atomic E-state index is -2.94. The molecule has 10 nitrogen and oxygen atoms in total. The lowest BCUT2D eigenvalue weighted by molar-refractivity contribution is 0.153. The maximum atomic E-state index is 11.9. The highest BCUT2D eigenvalue weighted by atomic mass is 35.5. The second-order valence-electron chi connectivity index (χ2n) is 10.8. The fourth-order valence-electron chi connectivity index (χ4n) is 6.10. The van der Waals surface area contributed by atoms with E-state index in [2.05, 4.69) is 40.5 Å². The maximum absolute atomic E-state index is 11.9. The second kappa shape index (κ2) is 7.90. The van der Waals surface area contributed by atoms with E-state index in [1.807, 2.05) is 37.3 Å². The molecule has 4 aliphatic heterocycles. The van der Waals surface area contributed by atoms with Gasteiger partial charge in [0, 0.05) is 49.2 Å². The van der Waals surface area contributed by atoms with Crippen LogP contribution in [0.5, 0.6) is 0 Å². The van der Waals surface area contributed by atoms with Gasteiger partial charge in [-0.15, -0.1) is 10.2 Å². The minimum absolute atomic E-state index is 0.0174. The van der Waals surface area contributed by atoms with Crippen LogP contribution in [0, 0.1) is 23.7 Å². The number of hydrogen-bond acceptors (Lipinski definition) is 9. The largest absolute Gasteiger partial charge is 0.355 e. The molecule has 0 amide bonds. The van der Waals surface area contributed by atoms with Gasteiger partial charge in [-0.3, -0.25) is 9.47 Å². The summed E-state index contributed by atoms with van der Waals surface area (Å²) in [5, 5.41) is 19.0. The van der Waals surface area contributed by atoms with Crippen molar-refractivity contribution in [1.29, 1.82) is 5.26 Å². The summed E-state index contributed by atoms with van der Waals surface area (Å²) >= 11 is 6.36. The molecule has 0 unspecified atom stereocenters. The number of aromatic nitrogens is 4. The average molecular weight is 537 g/mol. The number of anilines is 2.